The Morgan fingerprint density at radius 1 is 1.13 bits per heavy atom. The third kappa shape index (κ3) is 6.82. The number of piperidine rings is 1. The number of carbonyl (C=O) groups excluding carboxylic acids is 4. The van der Waals surface area contributed by atoms with E-state index in [0.29, 0.717) is 10.9 Å². The van der Waals surface area contributed by atoms with Crippen molar-refractivity contribution in [2.45, 2.75) is 57.7 Å². The van der Waals surface area contributed by atoms with Crippen LogP contribution in [-0.4, -0.2) is 75.9 Å². The van der Waals surface area contributed by atoms with E-state index >= 15 is 0 Å². The molecule has 5 rings (SSSR count). The minimum Gasteiger partial charge on any atom is -0.350 e. The number of hydrogen-bond donors (Lipinski definition) is 1. The summed E-state index contributed by atoms with van der Waals surface area (Å²) in [7, 11) is 0. The summed E-state index contributed by atoms with van der Waals surface area (Å²) in [5.41, 5.74) is 0.718. The number of amides is 3. The Bertz CT molecular complexity index is 1660. The minimum atomic E-state index is -2.99. The molecule has 2 aliphatic heterocycles. The lowest BCUT2D eigenvalue weighted by atomic mass is 10.0. The summed E-state index contributed by atoms with van der Waals surface area (Å²) in [4.78, 5) is 54.3. The van der Waals surface area contributed by atoms with E-state index in [0.717, 1.165) is 9.80 Å². The molecule has 0 radical (unpaired) electrons. The number of nitrogens with one attached hydrogen (secondary N) is 1. The molecule has 45 heavy (non-hydrogen) atoms. The number of likely N-dealkylation sites (tertiary alicyclic amines) is 2. The Labute approximate surface area is 260 Å². The number of nitrogens with zero attached hydrogens (tertiary/aromatic N) is 3. The van der Waals surface area contributed by atoms with Crippen molar-refractivity contribution < 1.29 is 41.1 Å². The van der Waals surface area contributed by atoms with Crippen LogP contribution in [0.4, 0.5) is 22.0 Å². The molecule has 1 aromatic heterocycles. The highest BCUT2D eigenvalue weighted by molar-refractivity contribution is 6.30. The first-order chi connectivity index (χ1) is 21.3. The van der Waals surface area contributed by atoms with Gasteiger partial charge in [0, 0.05) is 65.8 Å². The van der Waals surface area contributed by atoms with Gasteiger partial charge in [0.2, 0.25) is 18.2 Å². The summed E-state index contributed by atoms with van der Waals surface area (Å²) in [5.74, 6) is -7.40. The maximum absolute atomic E-state index is 14.3. The fourth-order valence-corrected chi connectivity index (χ4v) is 6.15. The second-order valence-corrected chi connectivity index (χ2v) is 11.9. The van der Waals surface area contributed by atoms with Gasteiger partial charge in [-0.05, 0) is 44.0 Å². The quantitative estimate of drug-likeness (QED) is 0.264. The molecule has 14 heteroatoms. The number of Topliss-reactive ketones (excluding diaryl/α,β-unsaturated/α-hetero) is 1. The molecule has 0 bridgehead atoms. The number of hydrogen-bond acceptors (Lipinski definition) is 4. The van der Waals surface area contributed by atoms with Crippen molar-refractivity contribution in [2.24, 2.45) is 5.92 Å². The molecule has 0 saturated carbocycles. The smallest absolute Gasteiger partial charge is 0.265 e. The maximum atomic E-state index is 14.3. The van der Waals surface area contributed by atoms with E-state index in [-0.39, 0.29) is 59.8 Å². The van der Waals surface area contributed by atoms with Crippen LogP contribution >= 0.6 is 11.6 Å². The molecule has 2 aromatic carbocycles. The predicted molar refractivity (Wildman–Crippen MR) is 155 cm³/mol. The summed E-state index contributed by atoms with van der Waals surface area (Å²) in [6.45, 7) is -0.339. The van der Waals surface area contributed by atoms with E-state index in [1.54, 1.807) is 0 Å². The molecule has 3 amide bonds. The number of fused-ring (bicyclic) bond motifs is 1. The molecule has 240 valence electrons. The molecule has 1 unspecified atom stereocenters. The zero-order chi connectivity index (χ0) is 32.6. The molecule has 3 heterocycles. The normalized spacial score (nSPS) is 19.7. The summed E-state index contributed by atoms with van der Waals surface area (Å²) in [5, 5.41) is 2.67. The number of rotatable bonds is 8. The third-order valence-corrected chi connectivity index (χ3v) is 8.58. The Morgan fingerprint density at radius 3 is 2.58 bits per heavy atom. The van der Waals surface area contributed by atoms with E-state index in [1.807, 2.05) is 0 Å². The van der Waals surface area contributed by atoms with Crippen molar-refractivity contribution in [3.05, 3.63) is 70.1 Å². The molecule has 2 saturated heterocycles. The molecule has 2 aliphatic rings. The van der Waals surface area contributed by atoms with Crippen LogP contribution in [0.1, 0.15) is 52.5 Å². The predicted octanol–water partition coefficient (Wildman–Crippen LogP) is 5.31. The number of carbonyl (C=O) groups is 4. The first-order valence-corrected chi connectivity index (χ1v) is 14.7. The topological polar surface area (TPSA) is 91.7 Å². The van der Waals surface area contributed by atoms with Gasteiger partial charge < -0.3 is 19.7 Å². The van der Waals surface area contributed by atoms with Gasteiger partial charge in [-0.1, -0.05) is 23.7 Å². The number of ketones is 1. The van der Waals surface area contributed by atoms with Crippen LogP contribution in [0.3, 0.4) is 0 Å². The first-order valence-electron chi connectivity index (χ1n) is 14.3. The average Bonchev–Trinajstić information content (AvgIpc) is 3.59. The second kappa shape index (κ2) is 12.8. The van der Waals surface area contributed by atoms with Gasteiger partial charge in [-0.2, -0.15) is 0 Å². The van der Waals surface area contributed by atoms with Crippen LogP contribution in [0.25, 0.3) is 10.9 Å². The zero-order valence-electron chi connectivity index (χ0n) is 24.2. The van der Waals surface area contributed by atoms with E-state index < -0.39 is 67.5 Å². The lowest BCUT2D eigenvalue weighted by molar-refractivity contribution is -0.139. The van der Waals surface area contributed by atoms with Crippen LogP contribution in [0.2, 0.25) is 5.02 Å². The van der Waals surface area contributed by atoms with Crippen LogP contribution in [0.15, 0.2) is 42.6 Å². The Morgan fingerprint density at radius 2 is 1.89 bits per heavy atom. The standard InChI is InChI=1S/C31H30ClF5N4O4/c1-17(42)22-14-40(24-7-6-18(10-21(22)24)30(45)39-9-3-8-31(36,37)16-39)15-26(43)41-13-20(28(34)35)11-25(41)29(44)38-12-19-4-2-5-23(32)27(19)33/h2,4-7,10,14,20,25,28H,3,8-9,11-13,15-16H2,1H3,(H,38,44)/t20?,25-/m0/s1. The molecule has 2 atom stereocenters. The lowest BCUT2D eigenvalue weighted by Gasteiger charge is -2.32. The van der Waals surface area contributed by atoms with Crippen LogP contribution in [0.5, 0.6) is 0 Å². The lowest BCUT2D eigenvalue weighted by Crippen LogP contribution is -2.46. The number of benzene rings is 2. The number of aromatic nitrogens is 1. The molecule has 3 aromatic rings. The first kappa shape index (κ1) is 32.4. The van der Waals surface area contributed by atoms with Crippen molar-refractivity contribution >= 4 is 46.0 Å². The van der Waals surface area contributed by atoms with Gasteiger partial charge in [-0.3, -0.25) is 19.2 Å². The average molecular weight is 653 g/mol. The minimum absolute atomic E-state index is 0.0829. The molecule has 2 fully saturated rings. The largest absolute Gasteiger partial charge is 0.350 e. The fourth-order valence-electron chi connectivity index (χ4n) is 5.96. The molecular formula is C31H30ClF5N4O4. The van der Waals surface area contributed by atoms with Crippen molar-refractivity contribution in [1.29, 1.82) is 0 Å². The highest BCUT2D eigenvalue weighted by Gasteiger charge is 2.43. The number of halogens is 6. The van der Waals surface area contributed by atoms with Crippen LogP contribution in [-0.2, 0) is 22.7 Å². The van der Waals surface area contributed by atoms with Gasteiger partial charge >= 0.3 is 0 Å². The molecular weight excluding hydrogens is 623 g/mol. The van der Waals surface area contributed by atoms with Gasteiger partial charge in [-0.25, -0.2) is 22.0 Å². The van der Waals surface area contributed by atoms with Crippen molar-refractivity contribution in [3.8, 4) is 0 Å². The van der Waals surface area contributed by atoms with Gasteiger partial charge in [0.25, 0.3) is 11.8 Å². The monoisotopic (exact) mass is 652 g/mol. The SMILES string of the molecule is CC(=O)c1cn(CC(=O)N2CC(C(F)F)C[C@H]2C(=O)NCc2cccc(Cl)c2F)c2ccc(C(=O)N3CCCC(F)(F)C3)cc12. The summed E-state index contributed by atoms with van der Waals surface area (Å²) >= 11 is 5.79. The van der Waals surface area contributed by atoms with E-state index in [9.17, 15) is 41.1 Å². The maximum Gasteiger partial charge on any atom is 0.265 e. The molecule has 0 aliphatic carbocycles. The van der Waals surface area contributed by atoms with Crippen molar-refractivity contribution in [1.82, 2.24) is 19.7 Å². The second-order valence-electron chi connectivity index (χ2n) is 11.5. The van der Waals surface area contributed by atoms with Gasteiger partial charge in [-0.15, -0.1) is 0 Å². The van der Waals surface area contributed by atoms with E-state index in [2.05, 4.69) is 5.32 Å². The van der Waals surface area contributed by atoms with Crippen molar-refractivity contribution in [2.75, 3.05) is 19.6 Å². The highest BCUT2D eigenvalue weighted by Crippen LogP contribution is 2.31. The van der Waals surface area contributed by atoms with E-state index in [1.165, 1.54) is 54.1 Å². The molecule has 1 N–H and O–H groups in total. The zero-order valence-corrected chi connectivity index (χ0v) is 24.9. The van der Waals surface area contributed by atoms with Crippen molar-refractivity contribution in [3.63, 3.8) is 0 Å². The Kier molecular flexibility index (Phi) is 9.20. The summed E-state index contributed by atoms with van der Waals surface area (Å²) < 4.78 is 71.0. The van der Waals surface area contributed by atoms with Crippen LogP contribution < -0.4 is 5.32 Å². The van der Waals surface area contributed by atoms with Gasteiger partial charge in [0.1, 0.15) is 18.4 Å². The van der Waals surface area contributed by atoms with Gasteiger partial charge in [0.05, 0.1) is 11.6 Å². The fraction of sp³-hybridized carbons (Fsp3) is 0.419. The van der Waals surface area contributed by atoms with Crippen LogP contribution in [0, 0.1) is 11.7 Å². The summed E-state index contributed by atoms with van der Waals surface area (Å²) in [6, 6.07) is 7.30. The van der Waals surface area contributed by atoms with E-state index in [4.69, 9.17) is 11.6 Å². The summed E-state index contributed by atoms with van der Waals surface area (Å²) in [6.07, 6.45) is -1.86. The molecule has 8 nitrogen and oxygen atoms in total. The number of alkyl halides is 4. The third-order valence-electron chi connectivity index (χ3n) is 8.29. The molecule has 0 spiro atoms. The van der Waals surface area contributed by atoms with Gasteiger partial charge in [0.15, 0.2) is 5.78 Å². The Hall–Kier alpha value is -4.00. The highest BCUT2D eigenvalue weighted by atomic mass is 35.5. The Balaban J connectivity index is 1.37.